The maximum Gasteiger partial charge on any atom is 0.310 e. The first-order valence-electron chi connectivity index (χ1n) is 6.50. The van der Waals surface area contributed by atoms with Crippen LogP contribution in [0.4, 0.5) is 0 Å². The molecule has 2 atom stereocenters. The Balaban J connectivity index is 2.21. The summed E-state index contributed by atoms with van der Waals surface area (Å²) >= 11 is 0. The summed E-state index contributed by atoms with van der Waals surface area (Å²) < 4.78 is 32.6. The monoisotopic (exact) mass is 301 g/mol. The van der Waals surface area contributed by atoms with E-state index in [2.05, 4.69) is 4.98 Å². The molecule has 0 spiro atoms. The van der Waals surface area contributed by atoms with E-state index in [1.54, 1.807) is 4.57 Å². The molecule has 1 aliphatic rings. The molecule has 2 heterocycles. The third-order valence-corrected chi connectivity index (χ3v) is 5.38. The SMILES string of the molecule is CCn1cnc(S(=O)(=O)N2CC(C)C(C(=O)OC)C2)c1. The number of carbonyl (C=O) groups is 1. The van der Waals surface area contributed by atoms with Crippen LogP contribution in [-0.4, -0.2) is 48.4 Å². The zero-order valence-electron chi connectivity index (χ0n) is 11.8. The molecular formula is C12H19N3O4S. The summed E-state index contributed by atoms with van der Waals surface area (Å²) in [6.07, 6.45) is 3.00. The second-order valence-corrected chi connectivity index (χ2v) is 6.86. The van der Waals surface area contributed by atoms with Crippen molar-refractivity contribution in [3.05, 3.63) is 12.5 Å². The zero-order chi connectivity index (χ0) is 14.9. The Labute approximate surface area is 118 Å². The Bertz CT molecular complexity index is 596. The van der Waals surface area contributed by atoms with Gasteiger partial charge in [-0.3, -0.25) is 4.79 Å². The van der Waals surface area contributed by atoms with Gasteiger partial charge in [-0.05, 0) is 12.8 Å². The highest BCUT2D eigenvalue weighted by Crippen LogP contribution is 2.28. The number of imidazole rings is 1. The molecule has 1 saturated heterocycles. The molecule has 0 aliphatic carbocycles. The average Bonchev–Trinajstić information content (AvgIpc) is 3.04. The lowest BCUT2D eigenvalue weighted by molar-refractivity contribution is -0.145. The van der Waals surface area contributed by atoms with Crippen molar-refractivity contribution in [3.63, 3.8) is 0 Å². The second kappa shape index (κ2) is 5.53. The Hall–Kier alpha value is -1.41. The highest BCUT2D eigenvalue weighted by molar-refractivity contribution is 7.89. The van der Waals surface area contributed by atoms with E-state index in [0.29, 0.717) is 13.1 Å². The summed E-state index contributed by atoms with van der Waals surface area (Å²) in [4.78, 5) is 15.6. The maximum atomic E-state index is 12.5. The first-order chi connectivity index (χ1) is 9.40. The summed E-state index contributed by atoms with van der Waals surface area (Å²) in [5, 5.41) is 0.0251. The molecule has 112 valence electrons. The second-order valence-electron chi connectivity index (χ2n) is 4.97. The van der Waals surface area contributed by atoms with Crippen molar-refractivity contribution in [2.24, 2.45) is 11.8 Å². The number of sulfonamides is 1. The van der Waals surface area contributed by atoms with Crippen LogP contribution in [0.1, 0.15) is 13.8 Å². The smallest absolute Gasteiger partial charge is 0.310 e. The summed E-state index contributed by atoms with van der Waals surface area (Å²) in [6.45, 7) is 4.87. The predicted molar refractivity (Wildman–Crippen MR) is 71.3 cm³/mol. The van der Waals surface area contributed by atoms with Crippen molar-refractivity contribution in [3.8, 4) is 0 Å². The molecule has 8 heteroatoms. The number of nitrogens with zero attached hydrogens (tertiary/aromatic N) is 3. The molecule has 0 radical (unpaired) electrons. The van der Waals surface area contributed by atoms with E-state index in [9.17, 15) is 13.2 Å². The quantitative estimate of drug-likeness (QED) is 0.749. The third kappa shape index (κ3) is 2.57. The molecule has 1 fully saturated rings. The Kier molecular flexibility index (Phi) is 4.14. The van der Waals surface area contributed by atoms with Crippen LogP contribution in [0.25, 0.3) is 0 Å². The first-order valence-corrected chi connectivity index (χ1v) is 7.94. The summed E-state index contributed by atoms with van der Waals surface area (Å²) in [7, 11) is -2.33. The molecule has 1 aliphatic heterocycles. The number of hydrogen-bond donors (Lipinski definition) is 0. The Morgan fingerprint density at radius 2 is 2.20 bits per heavy atom. The van der Waals surface area contributed by atoms with Crippen molar-refractivity contribution < 1.29 is 17.9 Å². The van der Waals surface area contributed by atoms with Crippen molar-refractivity contribution in [2.45, 2.75) is 25.4 Å². The number of rotatable bonds is 4. The highest BCUT2D eigenvalue weighted by Gasteiger charge is 2.41. The van der Waals surface area contributed by atoms with E-state index >= 15 is 0 Å². The lowest BCUT2D eigenvalue weighted by atomic mass is 9.99. The number of hydrogen-bond acceptors (Lipinski definition) is 5. The van der Waals surface area contributed by atoms with Crippen LogP contribution in [0, 0.1) is 11.8 Å². The van der Waals surface area contributed by atoms with E-state index in [1.165, 1.54) is 23.9 Å². The number of aromatic nitrogens is 2. The van der Waals surface area contributed by atoms with Gasteiger partial charge >= 0.3 is 5.97 Å². The highest BCUT2D eigenvalue weighted by atomic mass is 32.2. The molecule has 7 nitrogen and oxygen atoms in total. The minimum atomic E-state index is -3.64. The summed E-state index contributed by atoms with van der Waals surface area (Å²) in [5.41, 5.74) is 0. The minimum absolute atomic E-state index is 0.0251. The van der Waals surface area contributed by atoms with Crippen LogP contribution in [-0.2, 0) is 26.1 Å². The van der Waals surface area contributed by atoms with Crippen LogP contribution < -0.4 is 0 Å². The van der Waals surface area contributed by atoms with Crippen molar-refractivity contribution in [1.29, 1.82) is 0 Å². The molecular weight excluding hydrogens is 282 g/mol. The first kappa shape index (κ1) is 15.0. The largest absolute Gasteiger partial charge is 0.469 e. The van der Waals surface area contributed by atoms with E-state index < -0.39 is 15.9 Å². The normalized spacial score (nSPS) is 23.9. The van der Waals surface area contributed by atoms with Gasteiger partial charge in [0.1, 0.15) is 0 Å². The molecule has 0 N–H and O–H groups in total. The predicted octanol–water partition coefficient (Wildman–Crippen LogP) is 0.333. The van der Waals surface area contributed by atoms with Crippen LogP contribution in [0.2, 0.25) is 0 Å². The molecule has 0 saturated carbocycles. The Morgan fingerprint density at radius 1 is 1.50 bits per heavy atom. The van der Waals surface area contributed by atoms with Gasteiger partial charge < -0.3 is 9.30 Å². The third-order valence-electron chi connectivity index (χ3n) is 3.66. The van der Waals surface area contributed by atoms with E-state index in [0.717, 1.165) is 0 Å². The van der Waals surface area contributed by atoms with E-state index in [1.807, 2.05) is 13.8 Å². The van der Waals surface area contributed by atoms with Crippen LogP contribution in [0.15, 0.2) is 17.6 Å². The van der Waals surface area contributed by atoms with Gasteiger partial charge in [0.2, 0.25) is 0 Å². The molecule has 2 rings (SSSR count). The molecule has 0 amide bonds. The topological polar surface area (TPSA) is 81.5 Å². The molecule has 0 aromatic carbocycles. The number of methoxy groups -OCH3 is 1. The van der Waals surface area contributed by atoms with Crippen LogP contribution in [0.5, 0.6) is 0 Å². The van der Waals surface area contributed by atoms with Crippen LogP contribution >= 0.6 is 0 Å². The van der Waals surface area contributed by atoms with Gasteiger partial charge in [0.05, 0.1) is 19.4 Å². The van der Waals surface area contributed by atoms with E-state index in [4.69, 9.17) is 4.74 Å². The molecule has 1 aromatic heterocycles. The van der Waals surface area contributed by atoms with Crippen molar-refractivity contribution in [1.82, 2.24) is 13.9 Å². The fraction of sp³-hybridized carbons (Fsp3) is 0.667. The Morgan fingerprint density at radius 3 is 2.75 bits per heavy atom. The molecule has 0 bridgehead atoms. The molecule has 2 unspecified atom stereocenters. The van der Waals surface area contributed by atoms with Crippen LogP contribution in [0.3, 0.4) is 0 Å². The zero-order valence-corrected chi connectivity index (χ0v) is 12.6. The van der Waals surface area contributed by atoms with E-state index in [-0.39, 0.29) is 23.5 Å². The number of esters is 1. The standard InChI is InChI=1S/C12H19N3O4S/c1-4-14-7-11(13-8-14)20(17,18)15-5-9(2)10(6-15)12(16)19-3/h7-10H,4-6H2,1-3H3. The number of aryl methyl sites for hydroxylation is 1. The molecule has 1 aromatic rings. The van der Waals surface area contributed by atoms with Gasteiger partial charge in [-0.15, -0.1) is 0 Å². The maximum absolute atomic E-state index is 12.5. The van der Waals surface area contributed by atoms with Crippen molar-refractivity contribution in [2.75, 3.05) is 20.2 Å². The van der Waals surface area contributed by atoms with Gasteiger partial charge in [-0.25, -0.2) is 13.4 Å². The molecule has 20 heavy (non-hydrogen) atoms. The lowest BCUT2D eigenvalue weighted by Crippen LogP contribution is -2.30. The van der Waals surface area contributed by atoms with Gasteiger partial charge in [0, 0.05) is 25.8 Å². The number of carbonyl (C=O) groups excluding carboxylic acids is 1. The lowest BCUT2D eigenvalue weighted by Gasteiger charge is -2.14. The van der Waals surface area contributed by atoms with Gasteiger partial charge in [0.25, 0.3) is 10.0 Å². The van der Waals surface area contributed by atoms with Gasteiger partial charge in [-0.1, -0.05) is 6.92 Å². The number of ether oxygens (including phenoxy) is 1. The minimum Gasteiger partial charge on any atom is -0.469 e. The van der Waals surface area contributed by atoms with Crippen molar-refractivity contribution >= 4 is 16.0 Å². The fourth-order valence-electron chi connectivity index (χ4n) is 2.35. The van der Waals surface area contributed by atoms with Gasteiger partial charge in [-0.2, -0.15) is 4.31 Å². The fourth-order valence-corrected chi connectivity index (χ4v) is 3.86. The average molecular weight is 301 g/mol. The summed E-state index contributed by atoms with van der Waals surface area (Å²) in [5.74, 6) is -0.845. The summed E-state index contributed by atoms with van der Waals surface area (Å²) in [6, 6.07) is 0. The van der Waals surface area contributed by atoms with Gasteiger partial charge in [0.15, 0.2) is 5.03 Å².